The van der Waals surface area contributed by atoms with Gasteiger partial charge in [0.05, 0.1) is 24.4 Å². The molecule has 0 spiro atoms. The second-order valence-electron chi connectivity index (χ2n) is 13.4. The summed E-state index contributed by atoms with van der Waals surface area (Å²) in [7, 11) is 1.45. The first-order chi connectivity index (χ1) is 23.0. The van der Waals surface area contributed by atoms with Gasteiger partial charge in [0, 0.05) is 31.6 Å². The molecule has 3 heterocycles. The molecular weight excluding hydrogens is 721 g/mol. The summed E-state index contributed by atoms with van der Waals surface area (Å²) >= 11 is 17.8. The average molecular weight is 758 g/mol. The second-order valence-corrected chi connectivity index (χ2v) is 15.1. The highest BCUT2D eigenvalue weighted by molar-refractivity contribution is 9.09. The van der Waals surface area contributed by atoms with Crippen LogP contribution in [-0.2, 0) is 25.7 Å². The number of hydrogen-bond acceptors (Lipinski definition) is 7. The fourth-order valence-corrected chi connectivity index (χ4v) is 9.95. The van der Waals surface area contributed by atoms with Crippen molar-refractivity contribution in [3.8, 4) is 11.5 Å². The van der Waals surface area contributed by atoms with Crippen molar-refractivity contribution in [1.29, 1.82) is 0 Å². The molecule has 4 fully saturated rings. The number of alkyl halides is 3. The number of hydrogen-bond donors (Lipinski definition) is 1. The first-order valence-electron chi connectivity index (χ1n) is 16.2. The number of phenols is 1. The summed E-state index contributed by atoms with van der Waals surface area (Å²) in [4.78, 5) is 57.3. The number of nitrogens with zero attached hydrogens (tertiary/aromatic N) is 3. The Morgan fingerprint density at radius 2 is 1.73 bits per heavy atom. The van der Waals surface area contributed by atoms with Gasteiger partial charge in [-0.1, -0.05) is 76.1 Å². The van der Waals surface area contributed by atoms with Gasteiger partial charge in [0.25, 0.3) is 11.8 Å². The molecule has 0 radical (unpaired) electrons. The molecule has 0 aromatic heterocycles. The third-order valence-electron chi connectivity index (χ3n) is 11.0. The fraction of sp³-hybridized carbons (Fsp3) is 0.444. The third kappa shape index (κ3) is 5.05. The van der Waals surface area contributed by atoms with E-state index in [1.807, 2.05) is 24.3 Å². The van der Waals surface area contributed by atoms with Crippen molar-refractivity contribution >= 4 is 68.8 Å². The molecule has 0 unspecified atom stereocenters. The number of fused-ring (bicyclic) bond motifs is 4. The zero-order valence-electron chi connectivity index (χ0n) is 26.4. The van der Waals surface area contributed by atoms with Gasteiger partial charge in [-0.15, -0.1) is 23.2 Å². The van der Waals surface area contributed by atoms with Crippen molar-refractivity contribution in [3.63, 3.8) is 0 Å². The molecule has 48 heavy (non-hydrogen) atoms. The predicted molar refractivity (Wildman–Crippen MR) is 184 cm³/mol. The minimum atomic E-state index is -1.86. The number of aromatic hydroxyl groups is 1. The number of imide groups is 2. The molecule has 6 atom stereocenters. The molecule has 0 bridgehead atoms. The van der Waals surface area contributed by atoms with Crippen LogP contribution in [0.1, 0.15) is 36.8 Å². The van der Waals surface area contributed by atoms with Crippen molar-refractivity contribution < 1.29 is 29.0 Å². The molecule has 12 heteroatoms. The van der Waals surface area contributed by atoms with Crippen LogP contribution in [0, 0.1) is 23.7 Å². The normalized spacial score (nSPS) is 32.5. The monoisotopic (exact) mass is 755 g/mol. The van der Waals surface area contributed by atoms with Gasteiger partial charge in [0.1, 0.15) is 0 Å². The highest BCUT2D eigenvalue weighted by Crippen LogP contribution is 2.63. The van der Waals surface area contributed by atoms with Gasteiger partial charge in [0.15, 0.2) is 21.2 Å². The van der Waals surface area contributed by atoms with Gasteiger partial charge in [-0.05, 0) is 54.9 Å². The Morgan fingerprint density at radius 3 is 2.42 bits per heavy atom. The maximum atomic E-state index is 14.4. The van der Waals surface area contributed by atoms with Crippen LogP contribution >= 0.6 is 39.1 Å². The molecule has 9 nitrogen and oxygen atoms in total. The quantitative estimate of drug-likeness (QED) is 0.177. The van der Waals surface area contributed by atoms with E-state index in [1.54, 1.807) is 24.3 Å². The number of benzene rings is 2. The zero-order valence-corrected chi connectivity index (χ0v) is 29.5. The number of methoxy groups -OCH3 is 1. The Morgan fingerprint density at radius 1 is 1.00 bits per heavy atom. The Bertz CT molecular complexity index is 1730. The second kappa shape index (κ2) is 12.6. The number of phenolic OH excluding ortho intramolecular Hbond substituents is 1. The highest BCUT2D eigenvalue weighted by Gasteiger charge is 2.75. The Balaban J connectivity index is 1.19. The summed E-state index contributed by atoms with van der Waals surface area (Å²) in [6, 6.07) is 14.9. The first-order valence-corrected chi connectivity index (χ1v) is 18.1. The number of amides is 4. The van der Waals surface area contributed by atoms with E-state index in [2.05, 4.69) is 33.0 Å². The van der Waals surface area contributed by atoms with Crippen LogP contribution in [0.25, 0.3) is 6.08 Å². The number of piperidine rings is 1. The lowest BCUT2D eigenvalue weighted by atomic mass is 9.57. The average Bonchev–Trinajstić information content (AvgIpc) is 3.43. The zero-order chi connectivity index (χ0) is 34.0. The third-order valence-corrected chi connectivity index (χ3v) is 12.9. The maximum Gasteiger partial charge on any atom is 0.254 e. The molecule has 4 amide bonds. The van der Waals surface area contributed by atoms with Gasteiger partial charge in [-0.2, -0.15) is 0 Å². The van der Waals surface area contributed by atoms with Crippen molar-refractivity contribution in [1.82, 2.24) is 14.7 Å². The molecule has 2 aromatic carbocycles. The van der Waals surface area contributed by atoms with Gasteiger partial charge in [0.2, 0.25) is 11.8 Å². The van der Waals surface area contributed by atoms with Crippen molar-refractivity contribution in [3.05, 3.63) is 77.4 Å². The molecule has 2 aliphatic carbocycles. The number of rotatable bonds is 7. The Hall–Kier alpha value is -3.18. The molecule has 5 aliphatic rings. The lowest BCUT2D eigenvalue weighted by molar-refractivity contribution is -0.144. The van der Waals surface area contributed by atoms with Gasteiger partial charge in [-0.25, -0.2) is 0 Å². The largest absolute Gasteiger partial charge is 0.504 e. The maximum absolute atomic E-state index is 14.4. The molecule has 1 saturated carbocycles. The van der Waals surface area contributed by atoms with Crippen LogP contribution in [0.15, 0.2) is 66.3 Å². The molecule has 3 saturated heterocycles. The van der Waals surface area contributed by atoms with E-state index in [0.717, 1.165) is 30.1 Å². The van der Waals surface area contributed by atoms with Crippen LogP contribution in [0.4, 0.5) is 0 Å². The van der Waals surface area contributed by atoms with E-state index in [4.69, 9.17) is 27.9 Å². The van der Waals surface area contributed by atoms with E-state index in [9.17, 15) is 24.3 Å². The molecule has 7 rings (SSSR count). The lowest BCUT2D eigenvalue weighted by Gasteiger charge is -2.49. The minimum absolute atomic E-state index is 0.0256. The number of allylic oxidation sites excluding steroid dienone is 3. The van der Waals surface area contributed by atoms with Crippen LogP contribution in [0.2, 0.25) is 0 Å². The van der Waals surface area contributed by atoms with E-state index in [-0.39, 0.29) is 41.2 Å². The number of halogens is 3. The summed E-state index contributed by atoms with van der Waals surface area (Å²) < 4.78 is 5.26. The van der Waals surface area contributed by atoms with Gasteiger partial charge < -0.3 is 9.84 Å². The molecular formula is C36H36BrCl2N3O6. The Kier molecular flexibility index (Phi) is 8.75. The summed E-state index contributed by atoms with van der Waals surface area (Å²) in [6.07, 6.45) is 7.09. The molecule has 2 aromatic rings. The molecule has 3 aliphatic heterocycles. The molecule has 252 valence electrons. The number of ether oxygens (including phenoxy) is 1. The van der Waals surface area contributed by atoms with Crippen molar-refractivity contribution in [2.45, 2.75) is 48.0 Å². The number of carbonyl (C=O) groups excluding carboxylic acids is 4. The summed E-state index contributed by atoms with van der Waals surface area (Å²) in [6.45, 7) is 2.36. The van der Waals surface area contributed by atoms with E-state index in [0.29, 0.717) is 24.8 Å². The van der Waals surface area contributed by atoms with Gasteiger partial charge >= 0.3 is 0 Å². The van der Waals surface area contributed by atoms with E-state index in [1.165, 1.54) is 23.6 Å². The van der Waals surface area contributed by atoms with E-state index >= 15 is 0 Å². The highest BCUT2D eigenvalue weighted by atomic mass is 79.9. The summed E-state index contributed by atoms with van der Waals surface area (Å²) in [5.41, 5.74) is 2.54. The summed E-state index contributed by atoms with van der Waals surface area (Å²) in [5, 5.41) is 10.1. The lowest BCUT2D eigenvalue weighted by Crippen LogP contribution is -2.60. The minimum Gasteiger partial charge on any atom is -0.504 e. The topological polar surface area (TPSA) is 107 Å². The van der Waals surface area contributed by atoms with Crippen molar-refractivity contribution in [2.24, 2.45) is 23.7 Å². The number of carbonyl (C=O) groups is 4. The first kappa shape index (κ1) is 33.3. The van der Waals surface area contributed by atoms with Gasteiger partial charge in [-0.3, -0.25) is 33.9 Å². The number of likely N-dealkylation sites (tertiary alicyclic amines) is 3. The van der Waals surface area contributed by atoms with Crippen LogP contribution < -0.4 is 4.74 Å². The fourth-order valence-electron chi connectivity index (χ4n) is 8.57. The van der Waals surface area contributed by atoms with Crippen LogP contribution in [0.3, 0.4) is 0 Å². The predicted octanol–water partition coefficient (Wildman–Crippen LogP) is 5.32. The molecule has 1 N–H and O–H groups in total. The van der Waals surface area contributed by atoms with Crippen LogP contribution in [0.5, 0.6) is 11.5 Å². The van der Waals surface area contributed by atoms with E-state index < -0.39 is 45.2 Å². The Labute approximate surface area is 297 Å². The SMILES string of the molecule is COc1cc(C=C[C@H]2C3=CC[C@@H]4C(=O)N(C5CCN(Cc6ccccc6)CC5)C(=O)[C@@H]4[C@@H]3C[C@@]3(Cl)C(=O)N(CBr)C(=O)[C@@]23Cl)ccc1O. The standard InChI is InChI=1S/C36H36BrCl2N3O6/c1-48-29-17-21(8-12-28(29)43)7-11-27-24-9-10-25-30(26(24)18-35(38)33(46)41(20-37)34(47)36(27,35)39)32(45)42(31(25)44)23-13-15-40(16-14-23)19-22-5-3-2-4-6-22/h2-9,11-12,17,23,25-27,30,43H,10,13-16,18-20H2,1H3/t25-,26+,27-,30-,35+,36-/m0/s1. The smallest absolute Gasteiger partial charge is 0.254 e. The summed E-state index contributed by atoms with van der Waals surface area (Å²) in [5.74, 6) is -4.09. The van der Waals surface area contributed by atoms with Crippen LogP contribution in [-0.4, -0.2) is 84.9 Å². The van der Waals surface area contributed by atoms with Crippen molar-refractivity contribution in [2.75, 3.05) is 25.7 Å².